The highest BCUT2D eigenvalue weighted by Crippen LogP contribution is 2.40. The minimum absolute atomic E-state index is 0.0379. The van der Waals surface area contributed by atoms with Crippen LogP contribution in [-0.4, -0.2) is 37.0 Å². The van der Waals surface area contributed by atoms with E-state index in [-0.39, 0.29) is 5.60 Å². The Morgan fingerprint density at radius 3 is 3.10 bits per heavy atom. The molecule has 2 aliphatic rings. The van der Waals surface area contributed by atoms with Crippen LogP contribution in [0, 0.1) is 5.92 Å². The van der Waals surface area contributed by atoms with E-state index >= 15 is 0 Å². The molecule has 0 radical (unpaired) electrons. The van der Waals surface area contributed by atoms with Gasteiger partial charge in [-0.25, -0.2) is 0 Å². The molecule has 3 rings (SSSR count). The van der Waals surface area contributed by atoms with Crippen LogP contribution < -0.4 is 5.32 Å². The maximum absolute atomic E-state index is 6.07. The molecule has 3 heterocycles. The largest absolute Gasteiger partial charge is 0.378 e. The summed E-state index contributed by atoms with van der Waals surface area (Å²) in [5, 5.41) is 3.70. The second kappa shape index (κ2) is 6.86. The van der Waals surface area contributed by atoms with Gasteiger partial charge < -0.3 is 14.8 Å². The van der Waals surface area contributed by atoms with Crippen molar-refractivity contribution in [2.75, 3.05) is 26.4 Å². The van der Waals surface area contributed by atoms with Gasteiger partial charge in [-0.15, -0.1) is 0 Å². The highest BCUT2D eigenvalue weighted by Gasteiger charge is 2.43. The highest BCUT2D eigenvalue weighted by molar-refractivity contribution is 5.11. The third-order valence-electron chi connectivity index (χ3n) is 4.69. The van der Waals surface area contributed by atoms with E-state index < -0.39 is 0 Å². The lowest BCUT2D eigenvalue weighted by Gasteiger charge is -2.40. The molecule has 4 nitrogen and oxygen atoms in total. The molecule has 0 aliphatic carbocycles. The molecule has 0 bridgehead atoms. The molecule has 2 aliphatic heterocycles. The number of ether oxygens (including phenoxy) is 2. The fourth-order valence-corrected chi connectivity index (χ4v) is 3.59. The first kappa shape index (κ1) is 14.9. The van der Waals surface area contributed by atoms with Crippen molar-refractivity contribution in [3.05, 3.63) is 30.1 Å². The van der Waals surface area contributed by atoms with Crippen LogP contribution in [0.1, 0.15) is 44.3 Å². The number of nitrogens with zero attached hydrogens (tertiary/aromatic N) is 1. The number of hydrogen-bond donors (Lipinski definition) is 1. The molecule has 3 unspecified atom stereocenters. The molecule has 0 saturated carbocycles. The molecule has 0 amide bonds. The van der Waals surface area contributed by atoms with Gasteiger partial charge in [0.1, 0.15) is 0 Å². The molecule has 0 aromatic carbocycles. The minimum atomic E-state index is -0.0379. The Hall–Kier alpha value is -0.970. The molecule has 3 atom stereocenters. The number of nitrogens with one attached hydrogen (secondary N) is 1. The average molecular weight is 290 g/mol. The van der Waals surface area contributed by atoms with Crippen LogP contribution in [0.15, 0.2) is 24.4 Å². The average Bonchev–Trinajstić information content (AvgIpc) is 2.97. The standard InChI is InChI=1S/C17H26N2O2/c1-2-8-19-16(15-5-3-4-9-18-15)14-6-10-21-17(12-14)7-11-20-13-17/h3-5,9,14,16,19H,2,6-8,10-13H2,1H3. The molecular weight excluding hydrogens is 264 g/mol. The maximum atomic E-state index is 6.07. The zero-order valence-corrected chi connectivity index (χ0v) is 12.9. The summed E-state index contributed by atoms with van der Waals surface area (Å²) in [5.41, 5.74) is 1.12. The smallest absolute Gasteiger partial charge is 0.0940 e. The molecule has 1 spiro atoms. The van der Waals surface area contributed by atoms with Gasteiger partial charge >= 0.3 is 0 Å². The Balaban J connectivity index is 1.75. The van der Waals surface area contributed by atoms with E-state index in [9.17, 15) is 0 Å². The molecule has 2 saturated heterocycles. The number of rotatable bonds is 5. The third-order valence-corrected chi connectivity index (χ3v) is 4.69. The Bertz CT molecular complexity index is 432. The molecule has 1 aromatic rings. The Labute approximate surface area is 127 Å². The van der Waals surface area contributed by atoms with E-state index in [4.69, 9.17) is 9.47 Å². The van der Waals surface area contributed by atoms with E-state index in [2.05, 4.69) is 29.4 Å². The molecule has 4 heteroatoms. The second-order valence-corrected chi connectivity index (χ2v) is 6.27. The van der Waals surface area contributed by atoms with Gasteiger partial charge in [-0.1, -0.05) is 13.0 Å². The van der Waals surface area contributed by atoms with Crippen molar-refractivity contribution >= 4 is 0 Å². The van der Waals surface area contributed by atoms with Crippen molar-refractivity contribution in [3.8, 4) is 0 Å². The van der Waals surface area contributed by atoms with Gasteiger partial charge in [-0.2, -0.15) is 0 Å². The summed E-state index contributed by atoms with van der Waals surface area (Å²) in [7, 11) is 0. The summed E-state index contributed by atoms with van der Waals surface area (Å²) in [5.74, 6) is 0.571. The Kier molecular flexibility index (Phi) is 4.88. The summed E-state index contributed by atoms with van der Waals surface area (Å²) in [6, 6.07) is 6.53. The zero-order chi connectivity index (χ0) is 14.5. The lowest BCUT2D eigenvalue weighted by Crippen LogP contribution is -2.44. The molecule has 21 heavy (non-hydrogen) atoms. The molecule has 2 fully saturated rings. The van der Waals surface area contributed by atoms with Gasteiger partial charge in [-0.05, 0) is 43.9 Å². The van der Waals surface area contributed by atoms with Crippen LogP contribution in [0.2, 0.25) is 0 Å². The first-order chi connectivity index (χ1) is 10.3. The van der Waals surface area contributed by atoms with E-state index in [1.165, 1.54) is 0 Å². The van der Waals surface area contributed by atoms with E-state index in [1.54, 1.807) is 0 Å². The molecule has 1 aromatic heterocycles. The van der Waals surface area contributed by atoms with E-state index in [0.717, 1.165) is 57.7 Å². The van der Waals surface area contributed by atoms with Gasteiger partial charge in [-0.3, -0.25) is 4.98 Å². The SMILES string of the molecule is CCCNC(c1ccccn1)C1CCOC2(CCOC2)C1. The van der Waals surface area contributed by atoms with Crippen molar-refractivity contribution in [2.24, 2.45) is 5.92 Å². The van der Waals surface area contributed by atoms with Gasteiger partial charge in [0.25, 0.3) is 0 Å². The molecule has 1 N–H and O–H groups in total. The fourth-order valence-electron chi connectivity index (χ4n) is 3.59. The van der Waals surface area contributed by atoms with Crippen molar-refractivity contribution in [1.82, 2.24) is 10.3 Å². The Morgan fingerprint density at radius 2 is 2.38 bits per heavy atom. The summed E-state index contributed by atoms with van der Waals surface area (Å²) >= 11 is 0. The topological polar surface area (TPSA) is 43.4 Å². The van der Waals surface area contributed by atoms with E-state index in [0.29, 0.717) is 12.0 Å². The number of aromatic nitrogens is 1. The zero-order valence-electron chi connectivity index (χ0n) is 12.9. The monoisotopic (exact) mass is 290 g/mol. The minimum Gasteiger partial charge on any atom is -0.378 e. The van der Waals surface area contributed by atoms with Crippen LogP contribution in [0.4, 0.5) is 0 Å². The van der Waals surface area contributed by atoms with Gasteiger partial charge in [0, 0.05) is 25.8 Å². The number of pyridine rings is 1. The lowest BCUT2D eigenvalue weighted by atomic mass is 9.80. The van der Waals surface area contributed by atoms with Crippen LogP contribution in [0.5, 0.6) is 0 Å². The summed E-state index contributed by atoms with van der Waals surface area (Å²) in [6.07, 6.45) is 6.24. The van der Waals surface area contributed by atoms with E-state index in [1.807, 2.05) is 12.3 Å². The van der Waals surface area contributed by atoms with Gasteiger partial charge in [0.2, 0.25) is 0 Å². The fraction of sp³-hybridized carbons (Fsp3) is 0.706. The molecular formula is C17H26N2O2. The maximum Gasteiger partial charge on any atom is 0.0940 e. The van der Waals surface area contributed by atoms with Crippen molar-refractivity contribution in [1.29, 1.82) is 0 Å². The predicted octanol–water partition coefficient (Wildman–Crippen LogP) is 2.71. The summed E-state index contributed by atoms with van der Waals surface area (Å²) in [6.45, 7) is 5.67. The second-order valence-electron chi connectivity index (χ2n) is 6.27. The van der Waals surface area contributed by atoms with Crippen molar-refractivity contribution in [3.63, 3.8) is 0 Å². The quantitative estimate of drug-likeness (QED) is 0.905. The summed E-state index contributed by atoms with van der Waals surface area (Å²) < 4.78 is 11.7. The van der Waals surface area contributed by atoms with Crippen molar-refractivity contribution in [2.45, 2.75) is 44.2 Å². The van der Waals surface area contributed by atoms with Crippen LogP contribution in [-0.2, 0) is 9.47 Å². The van der Waals surface area contributed by atoms with Gasteiger partial charge in [0.15, 0.2) is 0 Å². The first-order valence-corrected chi connectivity index (χ1v) is 8.19. The first-order valence-electron chi connectivity index (χ1n) is 8.19. The number of hydrogen-bond acceptors (Lipinski definition) is 4. The predicted molar refractivity (Wildman–Crippen MR) is 82.1 cm³/mol. The normalized spacial score (nSPS) is 30.6. The van der Waals surface area contributed by atoms with Gasteiger partial charge in [0.05, 0.1) is 23.9 Å². The summed E-state index contributed by atoms with van der Waals surface area (Å²) in [4.78, 5) is 4.59. The third kappa shape index (κ3) is 3.44. The highest BCUT2D eigenvalue weighted by atomic mass is 16.6. The van der Waals surface area contributed by atoms with Crippen molar-refractivity contribution < 1.29 is 9.47 Å². The molecule has 116 valence electrons. The lowest BCUT2D eigenvalue weighted by molar-refractivity contribution is -0.103. The van der Waals surface area contributed by atoms with Crippen LogP contribution in [0.25, 0.3) is 0 Å². The van der Waals surface area contributed by atoms with Crippen LogP contribution >= 0.6 is 0 Å². The Morgan fingerprint density at radius 1 is 1.43 bits per heavy atom. The van der Waals surface area contributed by atoms with Crippen LogP contribution in [0.3, 0.4) is 0 Å².